The predicted molar refractivity (Wildman–Crippen MR) is 64.1 cm³/mol. The molecule has 0 bridgehead atoms. The van der Waals surface area contributed by atoms with Crippen LogP contribution in [-0.4, -0.2) is 33.8 Å². The van der Waals surface area contributed by atoms with Gasteiger partial charge in [0.1, 0.15) is 12.2 Å². The molecule has 0 spiro atoms. The van der Waals surface area contributed by atoms with Gasteiger partial charge in [-0.3, -0.25) is 9.67 Å². The number of hydrogen-bond donors (Lipinski definition) is 2. The van der Waals surface area contributed by atoms with Crippen LogP contribution in [-0.2, 0) is 13.6 Å². The summed E-state index contributed by atoms with van der Waals surface area (Å²) in [5.74, 6) is 1.67. The lowest BCUT2D eigenvalue weighted by atomic mass is 10.3. The average molecular weight is 224 g/mol. The Morgan fingerprint density at radius 3 is 2.88 bits per heavy atom. The molecule has 2 N–H and O–H groups in total. The second-order valence-electron chi connectivity index (χ2n) is 3.68. The summed E-state index contributed by atoms with van der Waals surface area (Å²) >= 11 is 0. The first-order valence-corrected chi connectivity index (χ1v) is 5.47. The van der Waals surface area contributed by atoms with Gasteiger partial charge in [0.25, 0.3) is 0 Å². The van der Waals surface area contributed by atoms with E-state index in [1.165, 1.54) is 0 Å². The summed E-state index contributed by atoms with van der Waals surface area (Å²) in [6.45, 7) is 4.87. The van der Waals surface area contributed by atoms with Crippen molar-refractivity contribution >= 4 is 5.96 Å². The summed E-state index contributed by atoms with van der Waals surface area (Å²) in [4.78, 5) is 8.27. The number of rotatable bonds is 4. The third-order valence-corrected chi connectivity index (χ3v) is 2.44. The fourth-order valence-electron chi connectivity index (χ4n) is 1.17. The summed E-state index contributed by atoms with van der Waals surface area (Å²) < 4.78 is 1.74. The fraction of sp³-hybridized carbons (Fsp3) is 0.700. The zero-order chi connectivity index (χ0) is 12.0. The third-order valence-electron chi connectivity index (χ3n) is 2.44. The van der Waals surface area contributed by atoms with Crippen LogP contribution in [0.3, 0.4) is 0 Å². The number of aliphatic imine (C=N–C) groups is 1. The number of nitrogens with zero attached hydrogens (tertiary/aromatic N) is 4. The Labute approximate surface area is 96.2 Å². The standard InChI is InChI=1S/C10H20N6/c1-5-8(2)15-10(11-3)12-6-9-13-7-14-16(9)4/h7-8H,5-6H2,1-4H3,(H2,11,12,15). The highest BCUT2D eigenvalue weighted by atomic mass is 15.3. The Hall–Kier alpha value is -1.59. The van der Waals surface area contributed by atoms with Crippen LogP contribution < -0.4 is 10.6 Å². The molecule has 1 atom stereocenters. The maximum Gasteiger partial charge on any atom is 0.191 e. The van der Waals surface area contributed by atoms with E-state index in [0.29, 0.717) is 12.6 Å². The van der Waals surface area contributed by atoms with E-state index in [9.17, 15) is 0 Å². The van der Waals surface area contributed by atoms with Crippen molar-refractivity contribution in [3.63, 3.8) is 0 Å². The van der Waals surface area contributed by atoms with Gasteiger partial charge in [0.05, 0.1) is 6.54 Å². The van der Waals surface area contributed by atoms with Crippen molar-refractivity contribution in [2.75, 3.05) is 7.05 Å². The molecule has 0 aliphatic carbocycles. The van der Waals surface area contributed by atoms with Gasteiger partial charge in [-0.1, -0.05) is 6.92 Å². The van der Waals surface area contributed by atoms with Crippen LogP contribution in [0, 0.1) is 0 Å². The van der Waals surface area contributed by atoms with E-state index in [4.69, 9.17) is 0 Å². The molecule has 0 saturated carbocycles. The smallest absolute Gasteiger partial charge is 0.191 e. The number of nitrogens with one attached hydrogen (secondary N) is 2. The molecule has 16 heavy (non-hydrogen) atoms. The van der Waals surface area contributed by atoms with Gasteiger partial charge in [0, 0.05) is 20.1 Å². The zero-order valence-corrected chi connectivity index (χ0v) is 10.4. The highest BCUT2D eigenvalue weighted by Gasteiger charge is 2.04. The van der Waals surface area contributed by atoms with Gasteiger partial charge < -0.3 is 10.6 Å². The van der Waals surface area contributed by atoms with Crippen LogP contribution in [0.4, 0.5) is 0 Å². The lowest BCUT2D eigenvalue weighted by molar-refractivity contribution is 0.614. The topological polar surface area (TPSA) is 67.1 Å². The lowest BCUT2D eigenvalue weighted by Crippen LogP contribution is -2.41. The van der Waals surface area contributed by atoms with Crippen LogP contribution in [0.25, 0.3) is 0 Å². The summed E-state index contributed by atoms with van der Waals surface area (Å²) in [5, 5.41) is 10.5. The SMILES string of the molecule is CCC(C)NC(=NC)NCc1ncnn1C. The first-order chi connectivity index (χ1) is 7.67. The minimum absolute atomic E-state index is 0.408. The summed E-state index contributed by atoms with van der Waals surface area (Å²) in [6.07, 6.45) is 2.60. The highest BCUT2D eigenvalue weighted by Crippen LogP contribution is 1.91. The third kappa shape index (κ3) is 3.52. The van der Waals surface area contributed by atoms with Crippen LogP contribution in [0.2, 0.25) is 0 Å². The van der Waals surface area contributed by atoms with Gasteiger partial charge in [-0.05, 0) is 13.3 Å². The van der Waals surface area contributed by atoms with Crippen molar-refractivity contribution < 1.29 is 0 Å². The number of guanidine groups is 1. The second-order valence-corrected chi connectivity index (χ2v) is 3.68. The van der Waals surface area contributed by atoms with Crippen LogP contribution >= 0.6 is 0 Å². The molecule has 0 aromatic carbocycles. The Morgan fingerprint density at radius 1 is 1.62 bits per heavy atom. The van der Waals surface area contributed by atoms with Crippen molar-refractivity contribution in [1.82, 2.24) is 25.4 Å². The molecule has 6 heteroatoms. The normalized spacial score (nSPS) is 13.6. The molecule has 0 amide bonds. The molecular formula is C10H20N6. The van der Waals surface area contributed by atoms with Crippen molar-refractivity contribution in [3.8, 4) is 0 Å². The predicted octanol–water partition coefficient (Wildman–Crippen LogP) is 0.279. The van der Waals surface area contributed by atoms with Crippen molar-refractivity contribution in [2.24, 2.45) is 12.0 Å². The van der Waals surface area contributed by atoms with E-state index in [1.54, 1.807) is 18.1 Å². The first-order valence-electron chi connectivity index (χ1n) is 5.47. The molecule has 90 valence electrons. The van der Waals surface area contributed by atoms with E-state index < -0.39 is 0 Å². The number of aromatic nitrogens is 3. The van der Waals surface area contributed by atoms with Gasteiger partial charge in [-0.25, -0.2) is 4.98 Å². The van der Waals surface area contributed by atoms with Crippen LogP contribution in [0.5, 0.6) is 0 Å². The van der Waals surface area contributed by atoms with Crippen molar-refractivity contribution in [2.45, 2.75) is 32.9 Å². The molecule has 0 aliphatic heterocycles. The molecule has 1 unspecified atom stereocenters. The largest absolute Gasteiger partial charge is 0.354 e. The molecule has 1 rings (SSSR count). The number of aryl methyl sites for hydroxylation is 1. The Morgan fingerprint density at radius 2 is 2.38 bits per heavy atom. The summed E-state index contributed by atoms with van der Waals surface area (Å²) in [7, 11) is 3.63. The van der Waals surface area contributed by atoms with E-state index in [2.05, 4.69) is 39.6 Å². The molecule has 1 aromatic heterocycles. The molecule has 6 nitrogen and oxygen atoms in total. The van der Waals surface area contributed by atoms with Crippen LogP contribution in [0.15, 0.2) is 11.3 Å². The minimum Gasteiger partial charge on any atom is -0.354 e. The Bertz CT molecular complexity index is 343. The quantitative estimate of drug-likeness (QED) is 0.569. The van der Waals surface area contributed by atoms with Crippen molar-refractivity contribution in [3.05, 3.63) is 12.2 Å². The second kappa shape index (κ2) is 6.09. The van der Waals surface area contributed by atoms with E-state index in [0.717, 1.165) is 18.2 Å². The van der Waals surface area contributed by atoms with Gasteiger partial charge in [0.2, 0.25) is 0 Å². The monoisotopic (exact) mass is 224 g/mol. The highest BCUT2D eigenvalue weighted by molar-refractivity contribution is 5.79. The maximum atomic E-state index is 4.14. The summed E-state index contributed by atoms with van der Waals surface area (Å²) in [5.41, 5.74) is 0. The van der Waals surface area contributed by atoms with E-state index in [-0.39, 0.29) is 0 Å². The van der Waals surface area contributed by atoms with E-state index >= 15 is 0 Å². The molecule has 1 heterocycles. The van der Waals surface area contributed by atoms with E-state index in [1.807, 2.05) is 7.05 Å². The lowest BCUT2D eigenvalue weighted by Gasteiger charge is -2.15. The zero-order valence-electron chi connectivity index (χ0n) is 10.4. The Balaban J connectivity index is 2.44. The van der Waals surface area contributed by atoms with Gasteiger partial charge in [-0.15, -0.1) is 0 Å². The number of hydrogen-bond acceptors (Lipinski definition) is 3. The molecule has 0 radical (unpaired) electrons. The summed E-state index contributed by atoms with van der Waals surface area (Å²) in [6, 6.07) is 0.408. The minimum atomic E-state index is 0.408. The molecule has 0 saturated heterocycles. The first kappa shape index (κ1) is 12.5. The van der Waals surface area contributed by atoms with Crippen LogP contribution in [0.1, 0.15) is 26.1 Å². The fourth-order valence-corrected chi connectivity index (χ4v) is 1.17. The average Bonchev–Trinajstić information content (AvgIpc) is 2.69. The van der Waals surface area contributed by atoms with Gasteiger partial charge >= 0.3 is 0 Å². The van der Waals surface area contributed by atoms with Gasteiger partial charge in [-0.2, -0.15) is 5.10 Å². The molecular weight excluding hydrogens is 204 g/mol. The Kier molecular flexibility index (Phi) is 4.75. The molecule has 1 aromatic rings. The van der Waals surface area contributed by atoms with Crippen molar-refractivity contribution in [1.29, 1.82) is 0 Å². The van der Waals surface area contributed by atoms with Gasteiger partial charge in [0.15, 0.2) is 5.96 Å². The molecule has 0 fully saturated rings. The molecule has 0 aliphatic rings. The maximum absolute atomic E-state index is 4.14.